The van der Waals surface area contributed by atoms with Crippen LogP contribution in [0.3, 0.4) is 0 Å². The van der Waals surface area contributed by atoms with Gasteiger partial charge in [-0.15, -0.1) is 5.10 Å². The highest BCUT2D eigenvalue weighted by atomic mass is 32.1. The van der Waals surface area contributed by atoms with E-state index in [4.69, 9.17) is 10.1 Å². The first-order valence-corrected chi connectivity index (χ1v) is 10.5. The van der Waals surface area contributed by atoms with Crippen molar-refractivity contribution in [3.05, 3.63) is 42.0 Å². The van der Waals surface area contributed by atoms with Crippen molar-refractivity contribution in [1.29, 1.82) is 0 Å². The zero-order chi connectivity index (χ0) is 19.7. The Morgan fingerprint density at radius 2 is 2.11 bits per heavy atom. The molecule has 0 unspecified atom stereocenters. The topological polar surface area (TPSA) is 75.4 Å². The molecule has 1 aliphatic heterocycles. The molecule has 0 saturated carbocycles. The zero-order valence-corrected chi connectivity index (χ0v) is 17.4. The summed E-state index contributed by atoms with van der Waals surface area (Å²) in [7, 11) is 0. The first-order chi connectivity index (χ1) is 13.4. The predicted octanol–water partition coefficient (Wildman–Crippen LogP) is 3.02. The van der Waals surface area contributed by atoms with Crippen molar-refractivity contribution in [3.63, 3.8) is 0 Å². The number of anilines is 1. The van der Waals surface area contributed by atoms with Gasteiger partial charge in [0.15, 0.2) is 0 Å². The number of nitrogens with zero attached hydrogens (tertiary/aromatic N) is 5. The number of rotatable bonds is 4. The van der Waals surface area contributed by atoms with Crippen molar-refractivity contribution in [2.24, 2.45) is 5.92 Å². The van der Waals surface area contributed by atoms with E-state index in [0.717, 1.165) is 47.3 Å². The number of nitrogens with one attached hydrogen (secondary N) is 1. The lowest BCUT2D eigenvalue weighted by Crippen LogP contribution is -2.40. The first kappa shape index (κ1) is 18.9. The molecule has 0 atom stereocenters. The van der Waals surface area contributed by atoms with Crippen molar-refractivity contribution >= 4 is 27.3 Å². The van der Waals surface area contributed by atoms with E-state index in [-0.39, 0.29) is 17.2 Å². The smallest absolute Gasteiger partial charge is 0.223 e. The Bertz CT molecular complexity index is 919. The van der Waals surface area contributed by atoms with E-state index < -0.39 is 0 Å². The van der Waals surface area contributed by atoms with Gasteiger partial charge in [0.05, 0.1) is 11.9 Å². The lowest BCUT2D eigenvalue weighted by Gasteiger charge is -2.30. The van der Waals surface area contributed by atoms with Crippen LogP contribution in [-0.4, -0.2) is 38.6 Å². The Balaban J connectivity index is 1.33. The van der Waals surface area contributed by atoms with Crippen LogP contribution in [0.2, 0.25) is 0 Å². The van der Waals surface area contributed by atoms with Gasteiger partial charge in [0.1, 0.15) is 0 Å². The van der Waals surface area contributed by atoms with Gasteiger partial charge in [0.2, 0.25) is 16.0 Å². The summed E-state index contributed by atoms with van der Waals surface area (Å²) < 4.78 is 1.88. The number of pyridine rings is 1. The third-order valence-corrected chi connectivity index (χ3v) is 6.11. The molecule has 0 bridgehead atoms. The summed E-state index contributed by atoms with van der Waals surface area (Å²) in [5, 5.41) is 8.73. The number of carbonyl (C=O) groups is 1. The van der Waals surface area contributed by atoms with Gasteiger partial charge < -0.3 is 10.2 Å². The molecule has 1 N–H and O–H groups in total. The highest BCUT2D eigenvalue weighted by Gasteiger charge is 2.27. The molecule has 7 nitrogen and oxygen atoms in total. The number of amides is 1. The normalized spacial score (nSPS) is 15.9. The number of carbonyl (C=O) groups excluding carboxylic acids is 1. The molecule has 1 aliphatic rings. The van der Waals surface area contributed by atoms with E-state index in [2.05, 4.69) is 36.0 Å². The summed E-state index contributed by atoms with van der Waals surface area (Å²) in [6, 6.07) is 3.86. The van der Waals surface area contributed by atoms with Gasteiger partial charge in [0.25, 0.3) is 0 Å². The van der Waals surface area contributed by atoms with Gasteiger partial charge in [-0.25, -0.2) is 9.50 Å². The van der Waals surface area contributed by atoms with Gasteiger partial charge in [-0.1, -0.05) is 38.2 Å². The lowest BCUT2D eigenvalue weighted by molar-refractivity contribution is -0.125. The van der Waals surface area contributed by atoms with Crippen molar-refractivity contribution in [1.82, 2.24) is 24.9 Å². The number of piperidine rings is 1. The van der Waals surface area contributed by atoms with Crippen LogP contribution in [0.4, 0.5) is 5.13 Å². The molecule has 4 rings (SSSR count). The minimum absolute atomic E-state index is 0.0229. The number of fused-ring (bicyclic) bond motifs is 1. The molecule has 1 fully saturated rings. The minimum Gasteiger partial charge on any atom is -0.352 e. The van der Waals surface area contributed by atoms with Crippen LogP contribution in [0, 0.1) is 5.92 Å². The number of aromatic nitrogens is 4. The molecule has 0 spiro atoms. The molecule has 1 amide bonds. The Morgan fingerprint density at radius 3 is 2.75 bits per heavy atom. The van der Waals surface area contributed by atoms with E-state index in [0.29, 0.717) is 6.54 Å². The summed E-state index contributed by atoms with van der Waals surface area (Å²) in [6.07, 6.45) is 7.23. The summed E-state index contributed by atoms with van der Waals surface area (Å²) in [5.74, 6) is 0.191. The third kappa shape index (κ3) is 4.01. The summed E-state index contributed by atoms with van der Waals surface area (Å²) in [4.78, 5) is 24.5. The number of hydrogen-bond acceptors (Lipinski definition) is 6. The van der Waals surface area contributed by atoms with E-state index >= 15 is 0 Å². The highest BCUT2D eigenvalue weighted by molar-refractivity contribution is 7.20. The first-order valence-electron chi connectivity index (χ1n) is 9.68. The molecule has 3 aromatic heterocycles. The van der Waals surface area contributed by atoms with E-state index in [9.17, 15) is 4.79 Å². The highest BCUT2D eigenvalue weighted by Crippen LogP contribution is 2.30. The van der Waals surface area contributed by atoms with Gasteiger partial charge in [-0.3, -0.25) is 9.78 Å². The second kappa shape index (κ2) is 7.50. The maximum absolute atomic E-state index is 12.5. The molecule has 0 radical (unpaired) electrons. The van der Waals surface area contributed by atoms with Gasteiger partial charge in [-0.05, 0) is 24.5 Å². The number of imidazole rings is 1. The van der Waals surface area contributed by atoms with E-state index in [1.807, 2.05) is 22.8 Å². The van der Waals surface area contributed by atoms with Crippen LogP contribution >= 0.6 is 11.3 Å². The zero-order valence-electron chi connectivity index (χ0n) is 16.6. The fourth-order valence-electron chi connectivity index (χ4n) is 3.35. The van der Waals surface area contributed by atoms with Crippen molar-refractivity contribution < 1.29 is 4.79 Å². The second-order valence-electron chi connectivity index (χ2n) is 8.33. The molecular weight excluding hydrogens is 372 g/mol. The summed E-state index contributed by atoms with van der Waals surface area (Å²) in [5.41, 5.74) is 2.10. The van der Waals surface area contributed by atoms with Crippen LogP contribution in [0.25, 0.3) is 4.96 Å². The Hall–Kier alpha value is -2.48. The molecule has 0 aromatic carbocycles. The largest absolute Gasteiger partial charge is 0.352 e. The average molecular weight is 399 g/mol. The fourth-order valence-corrected chi connectivity index (χ4v) is 4.28. The fraction of sp³-hybridized carbons (Fsp3) is 0.500. The lowest BCUT2D eigenvalue weighted by atomic mass is 9.93. The summed E-state index contributed by atoms with van der Waals surface area (Å²) >= 11 is 1.62. The predicted molar refractivity (Wildman–Crippen MR) is 111 cm³/mol. The Labute approximate surface area is 168 Å². The minimum atomic E-state index is 0.0229. The van der Waals surface area contributed by atoms with Crippen LogP contribution in [0.15, 0.2) is 30.7 Å². The van der Waals surface area contributed by atoms with Gasteiger partial charge >= 0.3 is 0 Å². The molecule has 1 saturated heterocycles. The molecule has 0 aliphatic carbocycles. The second-order valence-corrected chi connectivity index (χ2v) is 9.26. The Morgan fingerprint density at radius 1 is 1.32 bits per heavy atom. The average Bonchev–Trinajstić information content (AvgIpc) is 3.26. The van der Waals surface area contributed by atoms with Gasteiger partial charge in [-0.2, -0.15) is 0 Å². The Kier molecular flexibility index (Phi) is 5.05. The van der Waals surface area contributed by atoms with Crippen LogP contribution in [0.1, 0.15) is 44.9 Å². The quantitative estimate of drug-likeness (QED) is 0.731. The molecule has 3 aromatic rings. The van der Waals surface area contributed by atoms with E-state index in [1.54, 1.807) is 23.7 Å². The van der Waals surface area contributed by atoms with E-state index in [1.165, 1.54) is 0 Å². The van der Waals surface area contributed by atoms with Crippen molar-refractivity contribution in [2.45, 2.75) is 45.6 Å². The summed E-state index contributed by atoms with van der Waals surface area (Å²) in [6.45, 7) is 8.69. The maximum Gasteiger partial charge on any atom is 0.223 e. The standard InChI is InChI=1S/C20H26N6OS/c1-20(2,3)16-13-26-18(23-16)28-19(24-26)25-9-6-15(7-10-25)17(27)22-12-14-5-4-8-21-11-14/h4-5,8,11,13,15H,6-7,9-10,12H2,1-3H3,(H,22,27). The van der Waals surface area contributed by atoms with Crippen LogP contribution in [-0.2, 0) is 16.8 Å². The number of hydrogen-bond donors (Lipinski definition) is 1. The molecule has 28 heavy (non-hydrogen) atoms. The SMILES string of the molecule is CC(C)(C)c1cn2nc(N3CCC(C(=O)NCc4cccnc4)CC3)sc2n1. The molecular formula is C20H26N6OS. The van der Waals surface area contributed by atoms with Gasteiger partial charge in [0, 0.05) is 43.4 Å². The molecule has 148 valence electrons. The monoisotopic (exact) mass is 398 g/mol. The van der Waals surface area contributed by atoms with Crippen LogP contribution < -0.4 is 10.2 Å². The molecule has 8 heteroatoms. The van der Waals surface area contributed by atoms with Crippen molar-refractivity contribution in [2.75, 3.05) is 18.0 Å². The van der Waals surface area contributed by atoms with Crippen LogP contribution in [0.5, 0.6) is 0 Å². The molecule has 4 heterocycles. The van der Waals surface area contributed by atoms with Crippen molar-refractivity contribution in [3.8, 4) is 0 Å². The third-order valence-electron chi connectivity index (χ3n) is 5.13. The maximum atomic E-state index is 12.5.